The van der Waals surface area contributed by atoms with E-state index >= 15 is 0 Å². The number of aliphatic hydroxyl groups is 1. The van der Waals surface area contributed by atoms with E-state index in [1.165, 1.54) is 12.5 Å². The quantitative estimate of drug-likeness (QED) is 0.836. The number of rotatable bonds is 3. The Hall–Kier alpha value is -1.41. The van der Waals surface area contributed by atoms with Crippen LogP contribution in [-0.4, -0.2) is 35.7 Å². The third-order valence-corrected chi connectivity index (χ3v) is 3.97. The Kier molecular flexibility index (Phi) is 6.19. The molecule has 2 rings (SSSR count). The number of halogens is 1. The Morgan fingerprint density at radius 1 is 1.33 bits per heavy atom. The minimum atomic E-state index is -0.236. The van der Waals surface area contributed by atoms with Gasteiger partial charge in [0.1, 0.15) is 5.82 Å². The molecule has 0 amide bonds. The zero-order valence-electron chi connectivity index (χ0n) is 12.3. The van der Waals surface area contributed by atoms with Crippen LogP contribution >= 0.6 is 0 Å². The van der Waals surface area contributed by atoms with Gasteiger partial charge in [0, 0.05) is 23.7 Å². The third kappa shape index (κ3) is 4.53. The lowest BCUT2D eigenvalue weighted by molar-refractivity contribution is 0.117. The molecule has 0 spiro atoms. The van der Waals surface area contributed by atoms with Gasteiger partial charge in [0.15, 0.2) is 0 Å². The summed E-state index contributed by atoms with van der Waals surface area (Å²) in [7, 11) is 0. The van der Waals surface area contributed by atoms with Crippen LogP contribution < -0.4 is 5.73 Å². The van der Waals surface area contributed by atoms with Crippen molar-refractivity contribution in [3.05, 3.63) is 35.1 Å². The number of hydrogen-bond donors (Lipinski definition) is 2. The molecule has 0 bridgehead atoms. The SMILES string of the molecule is NCC#Cc1ccc(CN2CCCCCC2CO)c(F)c1. The van der Waals surface area contributed by atoms with Crippen LogP contribution in [0.4, 0.5) is 4.39 Å². The second-order valence-electron chi connectivity index (χ2n) is 5.47. The lowest BCUT2D eigenvalue weighted by atomic mass is 10.1. The molecule has 4 heteroatoms. The first kappa shape index (κ1) is 16.0. The minimum Gasteiger partial charge on any atom is -0.395 e. The summed E-state index contributed by atoms with van der Waals surface area (Å²) >= 11 is 0. The highest BCUT2D eigenvalue weighted by Crippen LogP contribution is 2.20. The summed E-state index contributed by atoms with van der Waals surface area (Å²) in [4.78, 5) is 2.19. The van der Waals surface area contributed by atoms with Crippen molar-refractivity contribution < 1.29 is 9.50 Å². The van der Waals surface area contributed by atoms with Crippen molar-refractivity contribution in [3.8, 4) is 11.8 Å². The first-order valence-electron chi connectivity index (χ1n) is 7.57. The van der Waals surface area contributed by atoms with E-state index in [0.29, 0.717) is 17.7 Å². The molecule has 0 aromatic heterocycles. The summed E-state index contributed by atoms with van der Waals surface area (Å²) in [6, 6.07) is 5.22. The monoisotopic (exact) mass is 290 g/mol. The van der Waals surface area contributed by atoms with E-state index in [1.54, 1.807) is 6.07 Å². The maximum absolute atomic E-state index is 14.2. The van der Waals surface area contributed by atoms with Gasteiger partial charge in [-0.15, -0.1) is 0 Å². The molecule has 21 heavy (non-hydrogen) atoms. The maximum Gasteiger partial charge on any atom is 0.128 e. The first-order chi connectivity index (χ1) is 10.2. The lowest BCUT2D eigenvalue weighted by Gasteiger charge is -2.28. The van der Waals surface area contributed by atoms with Crippen molar-refractivity contribution in [2.45, 2.75) is 38.3 Å². The summed E-state index contributed by atoms with van der Waals surface area (Å²) in [5, 5.41) is 9.51. The summed E-state index contributed by atoms with van der Waals surface area (Å²) in [6.07, 6.45) is 4.41. The normalized spacial score (nSPS) is 19.7. The van der Waals surface area contributed by atoms with E-state index in [1.807, 2.05) is 6.07 Å². The van der Waals surface area contributed by atoms with Crippen molar-refractivity contribution in [1.82, 2.24) is 4.90 Å². The predicted molar refractivity (Wildman–Crippen MR) is 82.1 cm³/mol. The molecule has 1 aliphatic heterocycles. The van der Waals surface area contributed by atoms with E-state index < -0.39 is 0 Å². The van der Waals surface area contributed by atoms with E-state index in [9.17, 15) is 9.50 Å². The molecule has 0 radical (unpaired) electrons. The predicted octanol–water partition coefficient (Wildman–Crippen LogP) is 1.87. The Morgan fingerprint density at radius 2 is 2.19 bits per heavy atom. The largest absolute Gasteiger partial charge is 0.395 e. The molecule has 1 saturated heterocycles. The van der Waals surface area contributed by atoms with Crippen molar-refractivity contribution in [3.63, 3.8) is 0 Å². The van der Waals surface area contributed by atoms with Gasteiger partial charge in [-0.05, 0) is 31.5 Å². The van der Waals surface area contributed by atoms with Gasteiger partial charge in [-0.25, -0.2) is 4.39 Å². The highest BCUT2D eigenvalue weighted by molar-refractivity contribution is 5.37. The Morgan fingerprint density at radius 3 is 2.90 bits per heavy atom. The summed E-state index contributed by atoms with van der Waals surface area (Å²) < 4.78 is 14.2. The van der Waals surface area contributed by atoms with Gasteiger partial charge in [0.2, 0.25) is 0 Å². The number of hydrogen-bond acceptors (Lipinski definition) is 3. The van der Waals surface area contributed by atoms with Crippen molar-refractivity contribution in [1.29, 1.82) is 0 Å². The van der Waals surface area contributed by atoms with E-state index in [0.717, 1.165) is 25.8 Å². The molecule has 0 saturated carbocycles. The van der Waals surface area contributed by atoms with Crippen molar-refractivity contribution in [2.24, 2.45) is 5.73 Å². The fourth-order valence-corrected chi connectivity index (χ4v) is 2.78. The van der Waals surface area contributed by atoms with Crippen LogP contribution in [0.25, 0.3) is 0 Å². The Bertz CT molecular complexity index is 521. The van der Waals surface area contributed by atoms with Crippen LogP contribution in [0.2, 0.25) is 0 Å². The highest BCUT2D eigenvalue weighted by Gasteiger charge is 2.21. The second-order valence-corrected chi connectivity index (χ2v) is 5.47. The Balaban J connectivity index is 2.10. The molecule has 1 heterocycles. The number of aliphatic hydroxyl groups excluding tert-OH is 1. The smallest absolute Gasteiger partial charge is 0.128 e. The minimum absolute atomic E-state index is 0.141. The van der Waals surface area contributed by atoms with Crippen LogP contribution in [0.3, 0.4) is 0 Å². The van der Waals surface area contributed by atoms with E-state index in [-0.39, 0.29) is 25.0 Å². The Labute approximate surface area is 125 Å². The number of nitrogens with zero attached hydrogens (tertiary/aromatic N) is 1. The standard InChI is InChI=1S/C17H23FN2O/c18-17-11-14(5-4-9-19)7-8-15(17)12-20-10-3-1-2-6-16(20)13-21/h7-8,11,16,21H,1-3,6,9-10,12-13,19H2. The van der Waals surface area contributed by atoms with Crippen LogP contribution in [-0.2, 0) is 6.54 Å². The molecule has 1 unspecified atom stereocenters. The topological polar surface area (TPSA) is 49.5 Å². The average molecular weight is 290 g/mol. The van der Waals surface area contributed by atoms with Crippen molar-refractivity contribution >= 4 is 0 Å². The van der Waals surface area contributed by atoms with E-state index in [4.69, 9.17) is 5.73 Å². The lowest BCUT2D eigenvalue weighted by Crippen LogP contribution is -2.37. The average Bonchev–Trinajstić information content (AvgIpc) is 2.72. The van der Waals surface area contributed by atoms with Crippen LogP contribution in [0.15, 0.2) is 18.2 Å². The molecule has 0 aliphatic carbocycles. The molecule has 1 aromatic carbocycles. The molecule has 3 nitrogen and oxygen atoms in total. The van der Waals surface area contributed by atoms with E-state index in [2.05, 4.69) is 16.7 Å². The first-order valence-corrected chi connectivity index (χ1v) is 7.57. The maximum atomic E-state index is 14.2. The van der Waals surface area contributed by atoms with Gasteiger partial charge >= 0.3 is 0 Å². The summed E-state index contributed by atoms with van der Waals surface area (Å²) in [6.45, 7) is 1.87. The molecule has 1 aliphatic rings. The van der Waals surface area contributed by atoms with Gasteiger partial charge in [0.05, 0.1) is 13.2 Å². The van der Waals surface area contributed by atoms with Gasteiger partial charge in [-0.1, -0.05) is 30.7 Å². The van der Waals surface area contributed by atoms with Crippen LogP contribution in [0.1, 0.15) is 36.8 Å². The fourth-order valence-electron chi connectivity index (χ4n) is 2.78. The second kappa shape index (κ2) is 8.14. The number of nitrogens with two attached hydrogens (primary N) is 1. The summed E-state index contributed by atoms with van der Waals surface area (Å²) in [5.41, 5.74) is 6.63. The zero-order chi connectivity index (χ0) is 15.1. The molecule has 1 aromatic rings. The van der Waals surface area contributed by atoms with Crippen LogP contribution in [0.5, 0.6) is 0 Å². The number of benzene rings is 1. The molecule has 3 N–H and O–H groups in total. The number of likely N-dealkylation sites (tertiary alicyclic amines) is 1. The van der Waals surface area contributed by atoms with Crippen molar-refractivity contribution in [2.75, 3.05) is 19.7 Å². The third-order valence-electron chi connectivity index (χ3n) is 3.97. The van der Waals surface area contributed by atoms with Crippen LogP contribution in [0, 0.1) is 17.7 Å². The fraction of sp³-hybridized carbons (Fsp3) is 0.529. The van der Waals surface area contributed by atoms with Gasteiger partial charge in [-0.3, -0.25) is 4.90 Å². The van der Waals surface area contributed by atoms with Gasteiger partial charge in [-0.2, -0.15) is 0 Å². The molecular formula is C17H23FN2O. The molecule has 1 atom stereocenters. The molecular weight excluding hydrogens is 267 g/mol. The van der Waals surface area contributed by atoms with Gasteiger partial charge in [0.25, 0.3) is 0 Å². The molecule has 1 fully saturated rings. The summed E-state index contributed by atoms with van der Waals surface area (Å²) in [5.74, 6) is 5.33. The van der Waals surface area contributed by atoms with Gasteiger partial charge < -0.3 is 10.8 Å². The zero-order valence-corrected chi connectivity index (χ0v) is 12.3. The highest BCUT2D eigenvalue weighted by atomic mass is 19.1. The molecule has 114 valence electrons.